The average Bonchev–Trinajstić information content (AvgIpc) is 2.26. The van der Waals surface area contributed by atoms with Crippen LogP contribution in [0.2, 0.25) is 5.02 Å². The zero-order valence-electron chi connectivity index (χ0n) is 9.13. The molecular formula is C11H13ClO5. The highest BCUT2D eigenvalue weighted by Gasteiger charge is 2.22. The molecular weight excluding hydrogens is 248 g/mol. The molecule has 6 heteroatoms. The van der Waals surface area contributed by atoms with Crippen molar-refractivity contribution in [3.8, 4) is 5.75 Å². The second-order valence-corrected chi connectivity index (χ2v) is 3.97. The van der Waals surface area contributed by atoms with Crippen LogP contribution in [0.15, 0.2) is 18.2 Å². The first-order valence-corrected chi connectivity index (χ1v) is 5.24. The van der Waals surface area contributed by atoms with Crippen LogP contribution in [0.1, 0.15) is 18.1 Å². The highest BCUT2D eigenvalue weighted by molar-refractivity contribution is 6.30. The first kappa shape index (κ1) is 13.8. The van der Waals surface area contributed by atoms with Crippen LogP contribution >= 0.6 is 11.6 Å². The van der Waals surface area contributed by atoms with Crippen molar-refractivity contribution in [2.24, 2.45) is 0 Å². The Morgan fingerprint density at radius 2 is 2.06 bits per heavy atom. The summed E-state index contributed by atoms with van der Waals surface area (Å²) >= 11 is 5.79. The van der Waals surface area contributed by atoms with E-state index in [4.69, 9.17) is 21.4 Å². The molecule has 1 aromatic carbocycles. The zero-order chi connectivity index (χ0) is 13.0. The number of rotatable bonds is 5. The molecule has 0 fully saturated rings. The van der Waals surface area contributed by atoms with Gasteiger partial charge < -0.3 is 20.1 Å². The number of aliphatic hydroxyl groups excluding tert-OH is 2. The second kappa shape index (κ2) is 5.86. The smallest absolute Gasteiger partial charge is 0.306 e. The van der Waals surface area contributed by atoms with Crippen molar-refractivity contribution in [1.29, 1.82) is 0 Å². The summed E-state index contributed by atoms with van der Waals surface area (Å²) in [5.41, 5.74) is 0.308. The van der Waals surface area contributed by atoms with Gasteiger partial charge in [0.2, 0.25) is 0 Å². The van der Waals surface area contributed by atoms with Gasteiger partial charge in [-0.15, -0.1) is 0 Å². The summed E-state index contributed by atoms with van der Waals surface area (Å²) in [4.78, 5) is 10.4. The van der Waals surface area contributed by atoms with E-state index in [0.29, 0.717) is 16.3 Å². The van der Waals surface area contributed by atoms with Crippen molar-refractivity contribution in [3.63, 3.8) is 0 Å². The lowest BCUT2D eigenvalue weighted by Gasteiger charge is -2.17. The van der Waals surface area contributed by atoms with E-state index in [0.717, 1.165) is 0 Å². The minimum atomic E-state index is -1.39. The fraction of sp³-hybridized carbons (Fsp3) is 0.364. The third-order valence-electron chi connectivity index (χ3n) is 2.22. The number of ether oxygens (including phenoxy) is 1. The molecule has 1 aromatic rings. The number of benzene rings is 1. The number of hydrogen-bond acceptors (Lipinski definition) is 4. The van der Waals surface area contributed by atoms with E-state index in [2.05, 4.69) is 0 Å². The Balaban J connectivity index is 2.91. The number of carbonyl (C=O) groups is 1. The predicted octanol–water partition coefficient (Wildman–Crippen LogP) is 1.22. The van der Waals surface area contributed by atoms with E-state index < -0.39 is 24.6 Å². The molecule has 1 rings (SSSR count). The number of halogens is 1. The van der Waals surface area contributed by atoms with Gasteiger partial charge in [0.05, 0.1) is 19.6 Å². The van der Waals surface area contributed by atoms with E-state index >= 15 is 0 Å². The van der Waals surface area contributed by atoms with Crippen molar-refractivity contribution < 1.29 is 24.9 Å². The average molecular weight is 261 g/mol. The zero-order valence-corrected chi connectivity index (χ0v) is 9.89. The van der Waals surface area contributed by atoms with Crippen LogP contribution in [0, 0.1) is 0 Å². The molecule has 0 aliphatic heterocycles. The maximum Gasteiger partial charge on any atom is 0.306 e. The summed E-state index contributed by atoms with van der Waals surface area (Å²) in [6.07, 6.45) is -3.26. The lowest BCUT2D eigenvalue weighted by molar-refractivity contribution is -0.141. The molecule has 5 nitrogen and oxygen atoms in total. The molecule has 0 radical (unpaired) electrons. The quantitative estimate of drug-likeness (QED) is 0.741. The van der Waals surface area contributed by atoms with Crippen molar-refractivity contribution in [1.82, 2.24) is 0 Å². The summed E-state index contributed by atoms with van der Waals surface area (Å²) < 4.78 is 4.95. The number of hydrogen-bond donors (Lipinski definition) is 3. The van der Waals surface area contributed by atoms with Crippen molar-refractivity contribution in [3.05, 3.63) is 28.8 Å². The molecule has 0 heterocycles. The van der Waals surface area contributed by atoms with E-state index in [9.17, 15) is 15.0 Å². The van der Waals surface area contributed by atoms with E-state index in [1.54, 1.807) is 6.07 Å². The van der Waals surface area contributed by atoms with Crippen LogP contribution in [0.25, 0.3) is 0 Å². The topological polar surface area (TPSA) is 87.0 Å². The van der Waals surface area contributed by atoms with Crippen molar-refractivity contribution in [2.45, 2.75) is 18.6 Å². The van der Waals surface area contributed by atoms with Gasteiger partial charge in [0.15, 0.2) is 0 Å². The Kier molecular flexibility index (Phi) is 4.74. The van der Waals surface area contributed by atoms with Crippen molar-refractivity contribution >= 4 is 17.6 Å². The summed E-state index contributed by atoms with van der Waals surface area (Å²) in [7, 11) is 1.44. The predicted molar refractivity (Wildman–Crippen MR) is 61.2 cm³/mol. The summed E-state index contributed by atoms with van der Waals surface area (Å²) in [5.74, 6) is -0.764. The molecule has 2 atom stereocenters. The van der Waals surface area contributed by atoms with Crippen LogP contribution in [0.4, 0.5) is 0 Å². The highest BCUT2D eigenvalue weighted by Crippen LogP contribution is 2.27. The number of carboxylic acid groups (broad SMARTS) is 1. The van der Waals surface area contributed by atoms with E-state index in [1.165, 1.54) is 19.2 Å². The first-order valence-electron chi connectivity index (χ1n) is 4.86. The molecule has 0 aliphatic carbocycles. The Bertz CT molecular complexity index is 407. The van der Waals surface area contributed by atoms with Gasteiger partial charge in [-0.25, -0.2) is 0 Å². The fourth-order valence-corrected chi connectivity index (χ4v) is 1.62. The van der Waals surface area contributed by atoms with Gasteiger partial charge in [-0.1, -0.05) is 11.6 Å². The monoisotopic (exact) mass is 260 g/mol. The number of carboxylic acids is 1. The Hall–Kier alpha value is -1.30. The molecule has 94 valence electrons. The third kappa shape index (κ3) is 3.89. The van der Waals surface area contributed by atoms with Gasteiger partial charge in [-0.3, -0.25) is 4.79 Å². The van der Waals surface area contributed by atoms with Crippen LogP contribution in [0.3, 0.4) is 0 Å². The standard InChI is InChI=1S/C11H13ClO5/c1-17-8-3-6(2-7(12)4-8)11(16)9(13)5-10(14)15/h2-4,9,11,13,16H,5H2,1H3,(H,14,15). The molecule has 17 heavy (non-hydrogen) atoms. The molecule has 0 saturated heterocycles. The minimum Gasteiger partial charge on any atom is -0.497 e. The minimum absolute atomic E-state index is 0.308. The van der Waals surface area contributed by atoms with E-state index in [1.807, 2.05) is 0 Å². The Morgan fingerprint density at radius 3 is 2.59 bits per heavy atom. The molecule has 0 amide bonds. The van der Waals surface area contributed by atoms with Crippen LogP contribution in [-0.4, -0.2) is 34.5 Å². The summed E-state index contributed by atoms with van der Waals surface area (Å²) in [6, 6.07) is 4.47. The molecule has 0 saturated carbocycles. The third-order valence-corrected chi connectivity index (χ3v) is 2.44. The lowest BCUT2D eigenvalue weighted by atomic mass is 10.0. The van der Waals surface area contributed by atoms with Gasteiger partial charge >= 0.3 is 5.97 Å². The van der Waals surface area contributed by atoms with Gasteiger partial charge in [0.25, 0.3) is 0 Å². The van der Waals surface area contributed by atoms with Gasteiger partial charge in [-0.2, -0.15) is 0 Å². The molecule has 0 bridgehead atoms. The lowest BCUT2D eigenvalue weighted by Crippen LogP contribution is -2.21. The number of methoxy groups -OCH3 is 1. The number of aliphatic hydroxyl groups is 2. The fourth-order valence-electron chi connectivity index (χ4n) is 1.39. The molecule has 0 aliphatic rings. The SMILES string of the molecule is COc1cc(Cl)cc(C(O)C(O)CC(=O)O)c1. The summed E-state index contributed by atoms with van der Waals surface area (Å²) in [5, 5.41) is 28.1. The molecule has 3 N–H and O–H groups in total. The molecule has 0 spiro atoms. The van der Waals surface area contributed by atoms with Crippen LogP contribution in [-0.2, 0) is 4.79 Å². The Labute approximate surface area is 103 Å². The maximum absolute atomic E-state index is 10.4. The van der Waals surface area contributed by atoms with Crippen LogP contribution < -0.4 is 4.74 Å². The van der Waals surface area contributed by atoms with E-state index in [-0.39, 0.29) is 0 Å². The van der Waals surface area contributed by atoms with Gasteiger partial charge in [0, 0.05) is 5.02 Å². The normalized spacial score (nSPS) is 14.1. The largest absolute Gasteiger partial charge is 0.497 e. The molecule has 2 unspecified atom stereocenters. The Morgan fingerprint density at radius 1 is 1.41 bits per heavy atom. The molecule has 0 aromatic heterocycles. The highest BCUT2D eigenvalue weighted by atomic mass is 35.5. The van der Waals surface area contributed by atoms with Crippen LogP contribution in [0.5, 0.6) is 5.75 Å². The van der Waals surface area contributed by atoms with Crippen molar-refractivity contribution in [2.75, 3.05) is 7.11 Å². The first-order chi connectivity index (χ1) is 7.93. The van der Waals surface area contributed by atoms with Gasteiger partial charge in [0.1, 0.15) is 11.9 Å². The summed E-state index contributed by atoms with van der Waals surface area (Å²) in [6.45, 7) is 0. The van der Waals surface area contributed by atoms with Gasteiger partial charge in [-0.05, 0) is 23.8 Å². The number of aliphatic carboxylic acids is 1. The maximum atomic E-state index is 10.4. The second-order valence-electron chi connectivity index (χ2n) is 3.53.